The minimum Gasteiger partial charge on any atom is -0.497 e. The highest BCUT2D eigenvalue weighted by atomic mass is 79.9. The van der Waals surface area contributed by atoms with Crippen LogP contribution in [0.3, 0.4) is 0 Å². The molecule has 1 saturated heterocycles. The molecule has 1 aliphatic rings. The van der Waals surface area contributed by atoms with Gasteiger partial charge < -0.3 is 14.4 Å². The van der Waals surface area contributed by atoms with Gasteiger partial charge in [-0.2, -0.15) is 5.10 Å². The molecule has 2 amide bonds. The van der Waals surface area contributed by atoms with E-state index in [0.717, 1.165) is 34.4 Å². The van der Waals surface area contributed by atoms with Gasteiger partial charge >= 0.3 is 6.03 Å². The molecule has 1 aliphatic heterocycles. The van der Waals surface area contributed by atoms with Gasteiger partial charge in [-0.25, -0.2) is 4.79 Å². The van der Waals surface area contributed by atoms with Crippen LogP contribution in [-0.2, 0) is 6.54 Å². The molecule has 144 valence electrons. The van der Waals surface area contributed by atoms with Crippen molar-refractivity contribution in [1.29, 1.82) is 0 Å². The number of urea groups is 1. The van der Waals surface area contributed by atoms with E-state index in [-0.39, 0.29) is 12.1 Å². The number of allylic oxidation sites excluding steroid dienone is 1. The lowest BCUT2D eigenvalue weighted by Gasteiger charge is -2.26. The molecule has 1 aromatic carbocycles. The number of amides is 2. The van der Waals surface area contributed by atoms with Crippen molar-refractivity contribution in [3.05, 3.63) is 47.1 Å². The van der Waals surface area contributed by atoms with Gasteiger partial charge in [0, 0.05) is 18.3 Å². The zero-order valence-corrected chi connectivity index (χ0v) is 17.0. The second-order valence-corrected chi connectivity index (χ2v) is 7.08. The maximum atomic E-state index is 12.9. The molecule has 0 bridgehead atoms. The fourth-order valence-electron chi connectivity index (χ4n) is 3.31. The molecule has 1 atom stereocenters. The summed E-state index contributed by atoms with van der Waals surface area (Å²) in [6.45, 7) is 4.94. The van der Waals surface area contributed by atoms with E-state index in [1.807, 2.05) is 29.3 Å². The topological polar surface area (TPSA) is 68.6 Å². The van der Waals surface area contributed by atoms with Crippen LogP contribution in [0.4, 0.5) is 10.6 Å². The van der Waals surface area contributed by atoms with Crippen molar-refractivity contribution in [1.82, 2.24) is 14.7 Å². The smallest absolute Gasteiger partial charge is 0.323 e. The summed E-state index contributed by atoms with van der Waals surface area (Å²) >= 11 is 3.44. The Morgan fingerprint density at radius 3 is 2.96 bits per heavy atom. The Hall–Kier alpha value is -2.48. The fourth-order valence-corrected chi connectivity index (χ4v) is 3.73. The van der Waals surface area contributed by atoms with Crippen LogP contribution in [0.1, 0.15) is 24.4 Å². The molecular formula is C19H23BrN4O3. The van der Waals surface area contributed by atoms with Gasteiger partial charge in [-0.05, 0) is 47.0 Å². The average molecular weight is 435 g/mol. The summed E-state index contributed by atoms with van der Waals surface area (Å²) in [5.74, 6) is 1.98. The zero-order valence-electron chi connectivity index (χ0n) is 15.4. The Bertz CT molecular complexity index is 836. The summed E-state index contributed by atoms with van der Waals surface area (Å²) in [6, 6.07) is 5.39. The van der Waals surface area contributed by atoms with Gasteiger partial charge in [0.15, 0.2) is 5.82 Å². The number of aromatic nitrogens is 2. The van der Waals surface area contributed by atoms with Crippen LogP contribution in [0.25, 0.3) is 0 Å². The number of nitrogens with one attached hydrogen (secondary N) is 1. The molecule has 27 heavy (non-hydrogen) atoms. The highest BCUT2D eigenvalue weighted by Gasteiger charge is 2.32. The standard InChI is InChI=1S/C19H23BrN4O3/c1-4-9-23-12-15(20)18(22-23)21-19(25)24-10-5-6-16(24)14-11-13(26-2)7-8-17(14)27-3/h4,7-8,11-12,16H,1,5-6,9-10H2,2-3H3,(H,21,22,25). The van der Waals surface area contributed by atoms with Crippen LogP contribution in [0.15, 0.2) is 41.5 Å². The van der Waals surface area contributed by atoms with Gasteiger partial charge in [-0.15, -0.1) is 6.58 Å². The molecule has 2 aromatic rings. The maximum Gasteiger partial charge on any atom is 0.323 e. The summed E-state index contributed by atoms with van der Waals surface area (Å²) in [6.07, 6.45) is 5.34. The molecule has 8 heteroatoms. The molecule has 0 aliphatic carbocycles. The molecule has 7 nitrogen and oxygen atoms in total. The maximum absolute atomic E-state index is 12.9. The molecule has 0 radical (unpaired) electrons. The first-order valence-corrected chi connectivity index (χ1v) is 9.50. The van der Waals surface area contributed by atoms with Gasteiger partial charge in [-0.1, -0.05) is 6.08 Å². The minimum atomic E-state index is -0.188. The summed E-state index contributed by atoms with van der Waals surface area (Å²) in [7, 11) is 3.26. The van der Waals surface area contributed by atoms with Crippen molar-refractivity contribution in [3.63, 3.8) is 0 Å². The van der Waals surface area contributed by atoms with E-state index in [0.29, 0.717) is 18.9 Å². The Kier molecular flexibility index (Phi) is 6.05. The van der Waals surface area contributed by atoms with Gasteiger partial charge in [0.2, 0.25) is 0 Å². The lowest BCUT2D eigenvalue weighted by atomic mass is 10.0. The lowest BCUT2D eigenvalue weighted by molar-refractivity contribution is 0.206. The third-order valence-electron chi connectivity index (χ3n) is 4.57. The van der Waals surface area contributed by atoms with Crippen LogP contribution >= 0.6 is 15.9 Å². The Morgan fingerprint density at radius 1 is 1.44 bits per heavy atom. The Labute approximate surface area is 167 Å². The van der Waals surface area contributed by atoms with E-state index in [2.05, 4.69) is 32.9 Å². The first kappa shape index (κ1) is 19.3. The molecular weight excluding hydrogens is 412 g/mol. The number of methoxy groups -OCH3 is 2. The predicted octanol–water partition coefficient (Wildman–Crippen LogP) is 4.22. The van der Waals surface area contributed by atoms with E-state index >= 15 is 0 Å². The van der Waals surface area contributed by atoms with Crippen LogP contribution in [0, 0.1) is 0 Å². The molecule has 1 fully saturated rings. The van der Waals surface area contributed by atoms with Crippen molar-refractivity contribution in [2.75, 3.05) is 26.1 Å². The van der Waals surface area contributed by atoms with E-state index in [4.69, 9.17) is 9.47 Å². The normalized spacial score (nSPS) is 16.3. The number of halogens is 1. The fraction of sp³-hybridized carbons (Fsp3) is 0.368. The Balaban J connectivity index is 1.82. The second kappa shape index (κ2) is 8.47. The van der Waals surface area contributed by atoms with Gasteiger partial charge in [0.1, 0.15) is 11.5 Å². The SMILES string of the molecule is C=CCn1cc(Br)c(NC(=O)N2CCCC2c2cc(OC)ccc2OC)n1. The van der Waals surface area contributed by atoms with Crippen molar-refractivity contribution in [2.45, 2.75) is 25.4 Å². The second-order valence-electron chi connectivity index (χ2n) is 6.23. The number of likely N-dealkylation sites (tertiary alicyclic amines) is 1. The molecule has 1 aromatic heterocycles. The zero-order chi connectivity index (χ0) is 19.4. The number of ether oxygens (including phenoxy) is 2. The van der Waals surface area contributed by atoms with Crippen molar-refractivity contribution < 1.29 is 14.3 Å². The monoisotopic (exact) mass is 434 g/mol. The number of carbonyl (C=O) groups is 1. The van der Waals surface area contributed by atoms with Gasteiger partial charge in [0.05, 0.1) is 31.3 Å². The number of nitrogens with zero attached hydrogens (tertiary/aromatic N) is 3. The number of benzene rings is 1. The number of hydrogen-bond acceptors (Lipinski definition) is 4. The first-order chi connectivity index (χ1) is 13.1. The van der Waals surface area contributed by atoms with Gasteiger partial charge in [-0.3, -0.25) is 10.00 Å². The van der Waals surface area contributed by atoms with Crippen molar-refractivity contribution in [2.24, 2.45) is 0 Å². The number of hydrogen-bond donors (Lipinski definition) is 1. The summed E-state index contributed by atoms with van der Waals surface area (Å²) in [5, 5.41) is 7.26. The molecule has 2 heterocycles. The predicted molar refractivity (Wildman–Crippen MR) is 107 cm³/mol. The Morgan fingerprint density at radius 2 is 2.26 bits per heavy atom. The first-order valence-electron chi connectivity index (χ1n) is 8.70. The highest BCUT2D eigenvalue weighted by Crippen LogP contribution is 2.39. The van der Waals surface area contributed by atoms with E-state index in [1.54, 1.807) is 25.0 Å². The van der Waals surface area contributed by atoms with Crippen LogP contribution < -0.4 is 14.8 Å². The largest absolute Gasteiger partial charge is 0.497 e. The summed E-state index contributed by atoms with van der Waals surface area (Å²) in [5.41, 5.74) is 0.945. The van der Waals surface area contributed by atoms with Gasteiger partial charge in [0.25, 0.3) is 0 Å². The average Bonchev–Trinajstić information content (AvgIpc) is 3.28. The lowest BCUT2D eigenvalue weighted by Crippen LogP contribution is -2.34. The van der Waals surface area contributed by atoms with Crippen molar-refractivity contribution >= 4 is 27.8 Å². The molecule has 0 spiro atoms. The summed E-state index contributed by atoms with van der Waals surface area (Å²) in [4.78, 5) is 14.7. The molecule has 0 saturated carbocycles. The van der Waals surface area contributed by atoms with E-state index in [1.165, 1.54) is 0 Å². The number of carbonyl (C=O) groups excluding carboxylic acids is 1. The van der Waals surface area contributed by atoms with Crippen LogP contribution in [-0.4, -0.2) is 41.5 Å². The van der Waals surface area contributed by atoms with Crippen LogP contribution in [0.2, 0.25) is 0 Å². The van der Waals surface area contributed by atoms with E-state index in [9.17, 15) is 4.79 Å². The highest BCUT2D eigenvalue weighted by molar-refractivity contribution is 9.10. The summed E-state index contributed by atoms with van der Waals surface area (Å²) < 4.78 is 13.3. The van der Waals surface area contributed by atoms with Crippen LogP contribution in [0.5, 0.6) is 11.5 Å². The van der Waals surface area contributed by atoms with E-state index < -0.39 is 0 Å². The third-order valence-corrected chi connectivity index (χ3v) is 5.15. The quantitative estimate of drug-likeness (QED) is 0.690. The third kappa shape index (κ3) is 4.10. The molecule has 3 rings (SSSR count). The number of anilines is 1. The molecule has 1 unspecified atom stereocenters. The molecule has 1 N–H and O–H groups in total. The minimum absolute atomic E-state index is 0.0795. The number of rotatable bonds is 6. The van der Waals surface area contributed by atoms with Crippen molar-refractivity contribution in [3.8, 4) is 11.5 Å².